The highest BCUT2D eigenvalue weighted by Crippen LogP contribution is 2.62. The average Bonchev–Trinajstić information content (AvgIpc) is 3.26. The fourth-order valence-corrected chi connectivity index (χ4v) is 11.2. The zero-order valence-electron chi connectivity index (χ0n) is 30.7. The van der Waals surface area contributed by atoms with Gasteiger partial charge in [0, 0.05) is 5.75 Å². The molecule has 0 heterocycles. The lowest BCUT2D eigenvalue weighted by atomic mass is 9.60. The fraction of sp³-hybridized carbons (Fsp3) is 0.930. The molecule has 0 aromatic heterocycles. The van der Waals surface area contributed by atoms with Crippen LogP contribution in [0.5, 0.6) is 0 Å². The Morgan fingerprint density at radius 3 is 2.07 bits per heavy atom. The highest BCUT2D eigenvalue weighted by molar-refractivity contribution is 7.88. The minimum Gasteiger partial charge on any atom is -0.138 e. The third-order valence-corrected chi connectivity index (χ3v) is 14.2. The van der Waals surface area contributed by atoms with Crippen molar-refractivity contribution in [1.29, 1.82) is 0 Å². The summed E-state index contributed by atoms with van der Waals surface area (Å²) in [4.78, 5) is 0. The highest BCUT2D eigenvalue weighted by Gasteiger charge is 2.53. The summed E-state index contributed by atoms with van der Waals surface area (Å²) < 4.78 is 0. The van der Waals surface area contributed by atoms with Gasteiger partial charge in [-0.15, -0.1) is 16.9 Å². The van der Waals surface area contributed by atoms with E-state index in [0.717, 1.165) is 53.1 Å². The molecule has 3 rings (SSSR count). The first-order valence-electron chi connectivity index (χ1n) is 20.3. The van der Waals surface area contributed by atoms with Crippen LogP contribution < -0.4 is 0 Å². The van der Waals surface area contributed by atoms with E-state index in [1.165, 1.54) is 154 Å². The molecule has 3 saturated carbocycles. The van der Waals surface area contributed by atoms with Crippen LogP contribution in [0.25, 0.3) is 0 Å². The summed E-state index contributed by atoms with van der Waals surface area (Å²) in [5, 5.41) is 0. The number of hydrogen-bond donors (Lipinski definition) is 0. The molecule has 0 nitrogen and oxygen atoms in total. The number of hydrogen-bond acceptors (Lipinski definition) is 0. The van der Waals surface area contributed by atoms with Gasteiger partial charge < -0.3 is 0 Å². The van der Waals surface area contributed by atoms with Crippen LogP contribution in [-0.4, -0.2) is 5.75 Å². The molecule has 9 atom stereocenters. The van der Waals surface area contributed by atoms with Gasteiger partial charge in [-0.25, -0.2) is 0 Å². The Balaban J connectivity index is 1.30. The zero-order chi connectivity index (χ0) is 31.8. The molecule has 3 aliphatic carbocycles. The van der Waals surface area contributed by atoms with Crippen LogP contribution >= 0.6 is 11.2 Å². The third-order valence-electron chi connectivity index (χ3n) is 13.5. The van der Waals surface area contributed by atoms with Crippen molar-refractivity contribution in [2.75, 3.05) is 5.75 Å². The van der Waals surface area contributed by atoms with E-state index < -0.39 is 0 Å². The lowest BCUT2D eigenvalue weighted by molar-refractivity contribution is 0.0749. The van der Waals surface area contributed by atoms with Gasteiger partial charge in [-0.3, -0.25) is 0 Å². The second-order valence-corrected chi connectivity index (χ2v) is 17.6. The van der Waals surface area contributed by atoms with E-state index in [1.807, 2.05) is 0 Å². The van der Waals surface area contributed by atoms with E-state index >= 15 is 0 Å². The van der Waals surface area contributed by atoms with E-state index in [-0.39, 0.29) is 0 Å². The van der Waals surface area contributed by atoms with Crippen LogP contribution in [0.3, 0.4) is 0 Å². The maximum absolute atomic E-state index is 5.72. The van der Waals surface area contributed by atoms with E-state index in [1.54, 1.807) is 23.2 Å². The topological polar surface area (TPSA) is 0 Å². The molecule has 0 N–H and O–H groups in total. The second-order valence-electron chi connectivity index (χ2n) is 17.0. The predicted molar refractivity (Wildman–Crippen MR) is 201 cm³/mol. The monoisotopic (exact) mass is 627 g/mol. The van der Waals surface area contributed by atoms with E-state index in [9.17, 15) is 0 Å². The lowest BCUT2D eigenvalue weighted by Crippen LogP contribution is -2.37. The summed E-state index contributed by atoms with van der Waals surface area (Å²) in [5.41, 5.74) is 7.95. The average molecular weight is 627 g/mol. The number of rotatable bonds is 22. The molecule has 0 saturated heterocycles. The first kappa shape index (κ1) is 38.2. The fourth-order valence-electron chi connectivity index (χ4n) is 10.6. The Morgan fingerprint density at radius 2 is 1.43 bits per heavy atom. The van der Waals surface area contributed by atoms with Gasteiger partial charge in [-0.1, -0.05) is 150 Å². The smallest absolute Gasteiger partial charge is 0.0204 e. The van der Waals surface area contributed by atoms with Gasteiger partial charge in [-0.2, -0.15) is 0 Å². The van der Waals surface area contributed by atoms with Gasteiger partial charge in [0.25, 0.3) is 0 Å². The van der Waals surface area contributed by atoms with Crippen molar-refractivity contribution in [3.05, 3.63) is 12.2 Å². The van der Waals surface area contributed by atoms with Crippen LogP contribution in [0.15, 0.2) is 12.2 Å². The molecule has 0 spiro atoms. The first-order valence-corrected chi connectivity index (χ1v) is 21.4. The normalized spacial score (nSPS) is 31.7. The van der Waals surface area contributed by atoms with Gasteiger partial charge in [0.05, 0.1) is 0 Å². The minimum absolute atomic E-state index is 0.549. The molecule has 0 radical (unpaired) electrons. The standard InChI is InChI=1S/C43H78S/c1-8-21-36(33-44-7)25-19-17-15-13-11-12-14-16-18-23-34(4)24-20-26-38-32-39-31-37(22-9-2)42-40(39)28-30-43(6,10-3)29-27-35(5)41(38)42/h7,34,36-42H,5,8-33H2,1-4,6H3. The van der Waals surface area contributed by atoms with Crippen LogP contribution in [-0.2, 0) is 0 Å². The Labute approximate surface area is 281 Å². The maximum atomic E-state index is 5.72. The van der Waals surface area contributed by atoms with E-state index in [2.05, 4.69) is 34.6 Å². The quantitative estimate of drug-likeness (QED) is 0.0828. The van der Waals surface area contributed by atoms with Crippen LogP contribution in [0, 0.1) is 58.4 Å². The Bertz CT molecular complexity index is 821. The molecule has 256 valence electrons. The molecule has 4 bridgehead atoms. The Hall–Kier alpha value is -0.260. The second kappa shape index (κ2) is 20.9. The van der Waals surface area contributed by atoms with Crippen molar-refractivity contribution in [3.8, 4) is 5.69 Å². The molecule has 0 aromatic rings. The van der Waals surface area contributed by atoms with Crippen molar-refractivity contribution in [2.24, 2.45) is 52.8 Å². The summed E-state index contributed by atoms with van der Waals surface area (Å²) in [5.74, 6) is 8.72. The summed E-state index contributed by atoms with van der Waals surface area (Å²) in [7, 11) is 0. The van der Waals surface area contributed by atoms with Gasteiger partial charge in [0.2, 0.25) is 0 Å². The molecule has 44 heavy (non-hydrogen) atoms. The molecule has 9 unspecified atom stereocenters. The van der Waals surface area contributed by atoms with Gasteiger partial charge in [-0.05, 0) is 111 Å². The molecule has 0 aliphatic heterocycles. The van der Waals surface area contributed by atoms with Gasteiger partial charge >= 0.3 is 0 Å². The van der Waals surface area contributed by atoms with Crippen molar-refractivity contribution in [2.45, 2.75) is 195 Å². The largest absolute Gasteiger partial charge is 0.138 e. The van der Waals surface area contributed by atoms with Crippen molar-refractivity contribution >= 4 is 11.2 Å². The lowest BCUT2D eigenvalue weighted by Gasteiger charge is -2.44. The molecular formula is C43H78S. The molecule has 3 aliphatic rings. The molecule has 1 heteroatoms. The SMILES string of the molecule is C#SCC(CCC)CCCCCCCCCCCC(C)CCCC1CC2CC(CCC)C3C2CCC(C)(CC)CCC(=C)C13. The van der Waals surface area contributed by atoms with Crippen molar-refractivity contribution < 1.29 is 0 Å². The molecule has 0 amide bonds. The highest BCUT2D eigenvalue weighted by atomic mass is 32.1. The van der Waals surface area contributed by atoms with Crippen molar-refractivity contribution in [1.82, 2.24) is 0 Å². The molecular weight excluding hydrogens is 549 g/mol. The van der Waals surface area contributed by atoms with E-state index in [0.29, 0.717) is 5.41 Å². The first-order chi connectivity index (χ1) is 21.4. The Morgan fingerprint density at radius 1 is 0.795 bits per heavy atom. The summed E-state index contributed by atoms with van der Waals surface area (Å²) >= 11 is 1.55. The van der Waals surface area contributed by atoms with Crippen LogP contribution in [0.2, 0.25) is 0 Å². The summed E-state index contributed by atoms with van der Waals surface area (Å²) in [6, 6.07) is 0. The van der Waals surface area contributed by atoms with Crippen molar-refractivity contribution in [3.63, 3.8) is 0 Å². The maximum Gasteiger partial charge on any atom is 0.0204 e. The zero-order valence-corrected chi connectivity index (χ0v) is 31.5. The summed E-state index contributed by atoms with van der Waals surface area (Å²) in [6.07, 6.45) is 36.0. The molecule has 0 aromatic carbocycles. The predicted octanol–water partition coefficient (Wildman–Crippen LogP) is 14.7. The molecule has 3 fully saturated rings. The number of allylic oxidation sites excluding steroid dienone is 1. The minimum atomic E-state index is 0.549. The van der Waals surface area contributed by atoms with Crippen LogP contribution in [0.1, 0.15) is 195 Å². The van der Waals surface area contributed by atoms with Crippen LogP contribution in [0.4, 0.5) is 0 Å². The summed E-state index contributed by atoms with van der Waals surface area (Å²) in [6.45, 7) is 17.2. The third kappa shape index (κ3) is 12.1. The van der Waals surface area contributed by atoms with E-state index in [4.69, 9.17) is 12.3 Å². The number of unbranched alkanes of at least 4 members (excludes halogenated alkanes) is 8. The Kier molecular flexibility index (Phi) is 18.1. The van der Waals surface area contributed by atoms with Gasteiger partial charge in [0.1, 0.15) is 0 Å². The van der Waals surface area contributed by atoms with Gasteiger partial charge in [0.15, 0.2) is 0 Å².